The molecular formula is C31H34N4O3S. The molecule has 1 heterocycles. The highest BCUT2D eigenvalue weighted by Crippen LogP contribution is 2.19. The van der Waals surface area contributed by atoms with Crippen molar-refractivity contribution in [2.75, 3.05) is 18.8 Å². The summed E-state index contributed by atoms with van der Waals surface area (Å²) in [7, 11) is 0. The summed E-state index contributed by atoms with van der Waals surface area (Å²) in [6, 6.07) is 24.5. The van der Waals surface area contributed by atoms with Crippen LogP contribution in [0.2, 0.25) is 0 Å². The van der Waals surface area contributed by atoms with Crippen LogP contribution in [0.3, 0.4) is 0 Å². The second-order valence-corrected chi connectivity index (χ2v) is 10.8. The van der Waals surface area contributed by atoms with Crippen molar-refractivity contribution in [2.24, 2.45) is 5.92 Å². The van der Waals surface area contributed by atoms with Crippen LogP contribution in [-0.4, -0.2) is 40.2 Å². The summed E-state index contributed by atoms with van der Waals surface area (Å²) in [5, 5.41) is 6.89. The van der Waals surface area contributed by atoms with Crippen molar-refractivity contribution in [2.45, 2.75) is 38.4 Å². The largest absolute Gasteiger partial charge is 0.355 e. The van der Waals surface area contributed by atoms with E-state index >= 15 is 0 Å². The molecule has 2 N–H and O–H groups in total. The molecular weight excluding hydrogens is 508 g/mol. The van der Waals surface area contributed by atoms with Gasteiger partial charge >= 0.3 is 0 Å². The van der Waals surface area contributed by atoms with Gasteiger partial charge in [-0.15, -0.1) is 0 Å². The molecule has 0 radical (unpaired) electrons. The molecule has 202 valence electrons. The summed E-state index contributed by atoms with van der Waals surface area (Å²) in [5.41, 5.74) is 3.03. The zero-order chi connectivity index (χ0) is 27.6. The molecule has 0 saturated heterocycles. The minimum Gasteiger partial charge on any atom is -0.355 e. The summed E-state index contributed by atoms with van der Waals surface area (Å²) < 4.78 is 1.60. The third-order valence-corrected chi connectivity index (χ3v) is 7.28. The summed E-state index contributed by atoms with van der Waals surface area (Å²) in [4.78, 5) is 43.1. The Morgan fingerprint density at radius 2 is 1.59 bits per heavy atom. The summed E-state index contributed by atoms with van der Waals surface area (Å²) in [5.74, 6) is 0.447. The van der Waals surface area contributed by atoms with Crippen LogP contribution in [0.15, 0.2) is 88.8 Å². The van der Waals surface area contributed by atoms with Crippen LogP contribution < -0.4 is 16.2 Å². The maximum atomic E-state index is 13.4. The van der Waals surface area contributed by atoms with Crippen molar-refractivity contribution < 1.29 is 9.59 Å². The number of rotatable bonds is 12. The quantitative estimate of drug-likeness (QED) is 0.200. The Morgan fingerprint density at radius 3 is 2.33 bits per heavy atom. The highest BCUT2D eigenvalue weighted by molar-refractivity contribution is 7.99. The Bertz CT molecular complexity index is 1470. The van der Waals surface area contributed by atoms with E-state index in [0.717, 1.165) is 24.0 Å². The zero-order valence-electron chi connectivity index (χ0n) is 22.4. The molecule has 39 heavy (non-hydrogen) atoms. The number of benzene rings is 3. The smallest absolute Gasteiger partial charge is 0.262 e. The van der Waals surface area contributed by atoms with Gasteiger partial charge in [-0.1, -0.05) is 80.2 Å². The average molecular weight is 543 g/mol. The van der Waals surface area contributed by atoms with E-state index in [-0.39, 0.29) is 29.7 Å². The first kappa shape index (κ1) is 28.1. The van der Waals surface area contributed by atoms with E-state index in [0.29, 0.717) is 40.6 Å². The molecule has 1 aromatic heterocycles. The van der Waals surface area contributed by atoms with E-state index in [1.807, 2.05) is 54.6 Å². The molecule has 0 aliphatic carbocycles. The second kappa shape index (κ2) is 13.8. The van der Waals surface area contributed by atoms with Crippen LogP contribution in [0, 0.1) is 5.92 Å². The number of thioether (sulfide) groups is 1. The van der Waals surface area contributed by atoms with E-state index in [1.165, 1.54) is 11.8 Å². The predicted octanol–water partition coefficient (Wildman–Crippen LogP) is 4.67. The van der Waals surface area contributed by atoms with Gasteiger partial charge in [-0.3, -0.25) is 19.0 Å². The first-order chi connectivity index (χ1) is 18.9. The van der Waals surface area contributed by atoms with Crippen molar-refractivity contribution in [3.8, 4) is 0 Å². The molecule has 0 unspecified atom stereocenters. The Balaban J connectivity index is 1.45. The highest BCUT2D eigenvalue weighted by Gasteiger charge is 2.14. The number of hydrogen-bond donors (Lipinski definition) is 2. The highest BCUT2D eigenvalue weighted by atomic mass is 32.2. The number of fused-ring (bicyclic) bond motifs is 1. The molecule has 0 aliphatic heterocycles. The molecule has 0 bridgehead atoms. The van der Waals surface area contributed by atoms with Gasteiger partial charge in [0.05, 0.1) is 23.2 Å². The van der Waals surface area contributed by atoms with Gasteiger partial charge in [0.15, 0.2) is 5.16 Å². The van der Waals surface area contributed by atoms with Crippen molar-refractivity contribution in [3.63, 3.8) is 0 Å². The lowest BCUT2D eigenvalue weighted by atomic mass is 10.1. The van der Waals surface area contributed by atoms with E-state index in [4.69, 9.17) is 4.98 Å². The van der Waals surface area contributed by atoms with Crippen LogP contribution in [-0.2, 0) is 17.8 Å². The molecule has 3 aromatic carbocycles. The van der Waals surface area contributed by atoms with Gasteiger partial charge in [0, 0.05) is 18.7 Å². The Hall–Kier alpha value is -3.91. The monoisotopic (exact) mass is 542 g/mol. The SMILES string of the molecule is CC(C)CCNC(=O)c1ccc(Cn2c(SCC(=O)NCCc3ccccc3)nc3ccccc3c2=O)cc1. The van der Waals surface area contributed by atoms with Crippen molar-refractivity contribution >= 4 is 34.5 Å². The number of nitrogens with one attached hydrogen (secondary N) is 2. The van der Waals surface area contributed by atoms with Crippen molar-refractivity contribution in [1.82, 2.24) is 20.2 Å². The third-order valence-electron chi connectivity index (χ3n) is 6.30. The standard InChI is InChI=1S/C31H34N4O3S/c1-22(2)16-18-33-29(37)25-14-12-24(13-15-25)20-35-30(38)26-10-6-7-11-27(26)34-31(35)39-21-28(36)32-19-17-23-8-4-3-5-9-23/h3-15,22H,16-21H2,1-2H3,(H,32,36)(H,33,37). The zero-order valence-corrected chi connectivity index (χ0v) is 23.2. The number of nitrogens with zero attached hydrogens (tertiary/aromatic N) is 2. The third kappa shape index (κ3) is 8.04. The van der Waals surface area contributed by atoms with Crippen molar-refractivity contribution in [3.05, 3.63) is 106 Å². The average Bonchev–Trinajstić information content (AvgIpc) is 2.94. The van der Waals surface area contributed by atoms with E-state index in [2.05, 4.69) is 24.5 Å². The molecule has 0 aliphatic rings. The maximum absolute atomic E-state index is 13.4. The first-order valence-electron chi connectivity index (χ1n) is 13.2. The molecule has 4 aromatic rings. The van der Waals surface area contributed by atoms with E-state index in [9.17, 15) is 14.4 Å². The Morgan fingerprint density at radius 1 is 0.872 bits per heavy atom. The Kier molecular flexibility index (Phi) is 9.91. The van der Waals surface area contributed by atoms with Gasteiger partial charge in [0.25, 0.3) is 11.5 Å². The maximum Gasteiger partial charge on any atom is 0.262 e. The predicted molar refractivity (Wildman–Crippen MR) is 157 cm³/mol. The van der Waals surface area contributed by atoms with Gasteiger partial charge < -0.3 is 10.6 Å². The molecule has 0 saturated carbocycles. The van der Waals surface area contributed by atoms with Gasteiger partial charge in [0.2, 0.25) is 5.91 Å². The molecule has 0 spiro atoms. The number of carbonyl (C=O) groups is 2. The van der Waals surface area contributed by atoms with Gasteiger partial charge in [-0.05, 0) is 54.2 Å². The molecule has 7 nitrogen and oxygen atoms in total. The fourth-order valence-electron chi connectivity index (χ4n) is 4.09. The van der Waals surface area contributed by atoms with Crippen LogP contribution in [0.1, 0.15) is 41.8 Å². The Labute approximate surface area is 233 Å². The fraction of sp³-hybridized carbons (Fsp3) is 0.290. The minimum absolute atomic E-state index is 0.110. The minimum atomic E-state index is -0.164. The van der Waals surface area contributed by atoms with Crippen LogP contribution in [0.5, 0.6) is 0 Å². The summed E-state index contributed by atoms with van der Waals surface area (Å²) in [6.45, 7) is 5.70. The van der Waals surface area contributed by atoms with Gasteiger partial charge in [-0.2, -0.15) is 0 Å². The number of hydrogen-bond acceptors (Lipinski definition) is 5. The number of amides is 2. The van der Waals surface area contributed by atoms with Crippen LogP contribution in [0.4, 0.5) is 0 Å². The van der Waals surface area contributed by atoms with Crippen LogP contribution >= 0.6 is 11.8 Å². The molecule has 8 heteroatoms. The summed E-state index contributed by atoms with van der Waals surface area (Å²) in [6.07, 6.45) is 1.68. The number of para-hydroxylation sites is 1. The van der Waals surface area contributed by atoms with E-state index in [1.54, 1.807) is 28.8 Å². The lowest BCUT2D eigenvalue weighted by Crippen LogP contribution is -2.28. The van der Waals surface area contributed by atoms with Crippen molar-refractivity contribution in [1.29, 1.82) is 0 Å². The second-order valence-electron chi connectivity index (χ2n) is 9.81. The molecule has 0 fully saturated rings. The van der Waals surface area contributed by atoms with E-state index < -0.39 is 0 Å². The lowest BCUT2D eigenvalue weighted by molar-refractivity contribution is -0.118. The number of carbonyl (C=O) groups excluding carboxylic acids is 2. The fourth-order valence-corrected chi connectivity index (χ4v) is 4.92. The van der Waals surface area contributed by atoms with Crippen LogP contribution in [0.25, 0.3) is 10.9 Å². The van der Waals surface area contributed by atoms with Gasteiger partial charge in [0.1, 0.15) is 0 Å². The van der Waals surface area contributed by atoms with Gasteiger partial charge in [-0.25, -0.2) is 4.98 Å². The molecule has 0 atom stereocenters. The normalized spacial score (nSPS) is 11.1. The number of aromatic nitrogens is 2. The first-order valence-corrected chi connectivity index (χ1v) is 14.2. The molecule has 2 amide bonds. The topological polar surface area (TPSA) is 93.1 Å². The summed E-state index contributed by atoms with van der Waals surface area (Å²) >= 11 is 1.24. The molecule has 4 rings (SSSR count). The lowest BCUT2D eigenvalue weighted by Gasteiger charge is -2.14.